The van der Waals surface area contributed by atoms with Crippen molar-refractivity contribution in [1.82, 2.24) is 4.98 Å². The van der Waals surface area contributed by atoms with E-state index in [2.05, 4.69) is 60.9 Å². The summed E-state index contributed by atoms with van der Waals surface area (Å²) in [7, 11) is 2.16. The standard InChI is InChI=1S/C24H25N2O/c1-15-10-11-18-19-9-6-12-25-24(19)27-23(18)22(15)21-13-16(2)20(14-26(21)3)17-7-4-5-8-17/h6,9-14,17H,4-5,7-8H2,1-3H3/q+1. The molecule has 0 spiro atoms. The van der Waals surface area contributed by atoms with Crippen LogP contribution in [0.5, 0.6) is 0 Å². The van der Waals surface area contributed by atoms with E-state index in [1.807, 2.05) is 6.07 Å². The van der Waals surface area contributed by atoms with Gasteiger partial charge in [0.25, 0.3) is 0 Å². The monoisotopic (exact) mass is 357 g/mol. The van der Waals surface area contributed by atoms with Crippen LogP contribution in [0.25, 0.3) is 33.3 Å². The summed E-state index contributed by atoms with van der Waals surface area (Å²) in [6.07, 6.45) is 9.51. The van der Waals surface area contributed by atoms with Crippen molar-refractivity contribution in [2.75, 3.05) is 0 Å². The summed E-state index contributed by atoms with van der Waals surface area (Å²) in [6, 6.07) is 10.7. The van der Waals surface area contributed by atoms with Gasteiger partial charge in [0.2, 0.25) is 11.4 Å². The molecule has 0 unspecified atom stereocenters. The smallest absolute Gasteiger partial charge is 0.227 e. The molecule has 0 radical (unpaired) electrons. The van der Waals surface area contributed by atoms with Crippen molar-refractivity contribution in [3.8, 4) is 11.3 Å². The molecule has 4 aromatic rings. The molecule has 0 amide bonds. The molecule has 0 bridgehead atoms. The number of aryl methyl sites for hydroxylation is 3. The van der Waals surface area contributed by atoms with E-state index in [9.17, 15) is 0 Å². The second kappa shape index (κ2) is 6.19. The second-order valence-electron chi connectivity index (χ2n) is 7.98. The maximum Gasteiger partial charge on any atom is 0.227 e. The van der Waals surface area contributed by atoms with Gasteiger partial charge >= 0.3 is 0 Å². The van der Waals surface area contributed by atoms with Gasteiger partial charge in [-0.05, 0) is 55.9 Å². The van der Waals surface area contributed by atoms with Crippen molar-refractivity contribution in [2.45, 2.75) is 45.4 Å². The van der Waals surface area contributed by atoms with E-state index in [-0.39, 0.29) is 0 Å². The number of aromatic nitrogens is 2. The quantitative estimate of drug-likeness (QED) is 0.428. The van der Waals surface area contributed by atoms with Gasteiger partial charge in [-0.1, -0.05) is 25.0 Å². The molecule has 1 aliphatic rings. The van der Waals surface area contributed by atoms with Crippen LogP contribution in [-0.4, -0.2) is 4.98 Å². The highest BCUT2D eigenvalue weighted by molar-refractivity contribution is 6.08. The van der Waals surface area contributed by atoms with Crippen LogP contribution in [0, 0.1) is 13.8 Å². The Hall–Kier alpha value is -2.68. The molecule has 0 aliphatic heterocycles. The minimum absolute atomic E-state index is 0.710. The molecule has 1 aliphatic carbocycles. The van der Waals surface area contributed by atoms with Gasteiger partial charge in [0.1, 0.15) is 7.05 Å². The van der Waals surface area contributed by atoms with Gasteiger partial charge in [-0.25, -0.2) is 9.55 Å². The van der Waals surface area contributed by atoms with Crippen LogP contribution < -0.4 is 4.57 Å². The topological polar surface area (TPSA) is 29.9 Å². The lowest BCUT2D eigenvalue weighted by Crippen LogP contribution is -2.32. The molecule has 1 fully saturated rings. The number of pyridine rings is 2. The Morgan fingerprint density at radius 3 is 2.67 bits per heavy atom. The van der Waals surface area contributed by atoms with Crippen LogP contribution >= 0.6 is 0 Å². The first-order valence-corrected chi connectivity index (χ1v) is 9.91. The highest BCUT2D eigenvalue weighted by Gasteiger charge is 2.26. The second-order valence-corrected chi connectivity index (χ2v) is 7.98. The van der Waals surface area contributed by atoms with Crippen molar-refractivity contribution in [3.63, 3.8) is 0 Å². The van der Waals surface area contributed by atoms with Crippen LogP contribution in [-0.2, 0) is 7.05 Å². The van der Waals surface area contributed by atoms with E-state index in [1.54, 1.807) is 6.20 Å². The molecule has 1 saturated carbocycles. The van der Waals surface area contributed by atoms with Gasteiger partial charge in [0, 0.05) is 28.6 Å². The van der Waals surface area contributed by atoms with Gasteiger partial charge in [0.05, 0.1) is 5.56 Å². The van der Waals surface area contributed by atoms with Crippen molar-refractivity contribution in [2.24, 2.45) is 7.05 Å². The van der Waals surface area contributed by atoms with Gasteiger partial charge in [-0.3, -0.25) is 0 Å². The van der Waals surface area contributed by atoms with Gasteiger partial charge in [0.15, 0.2) is 11.8 Å². The molecule has 3 heterocycles. The third-order valence-electron chi connectivity index (χ3n) is 6.20. The normalized spacial score (nSPS) is 15.2. The van der Waals surface area contributed by atoms with Gasteiger partial charge < -0.3 is 4.42 Å². The zero-order valence-electron chi connectivity index (χ0n) is 16.2. The Morgan fingerprint density at radius 1 is 1.04 bits per heavy atom. The number of rotatable bonds is 2. The Labute approximate surface area is 159 Å². The lowest BCUT2D eigenvalue weighted by Gasteiger charge is -2.13. The Morgan fingerprint density at radius 2 is 1.85 bits per heavy atom. The van der Waals surface area contributed by atoms with E-state index < -0.39 is 0 Å². The summed E-state index contributed by atoms with van der Waals surface area (Å²) in [6.45, 7) is 4.42. The maximum atomic E-state index is 6.22. The maximum absolute atomic E-state index is 6.22. The highest BCUT2D eigenvalue weighted by Crippen LogP contribution is 2.39. The molecular formula is C24H25N2O+. The predicted octanol–water partition coefficient (Wildman–Crippen LogP) is 5.75. The fraction of sp³-hybridized carbons (Fsp3) is 0.333. The van der Waals surface area contributed by atoms with E-state index in [0.717, 1.165) is 22.3 Å². The van der Waals surface area contributed by atoms with Crippen molar-refractivity contribution >= 4 is 22.1 Å². The third kappa shape index (κ3) is 2.56. The molecule has 0 atom stereocenters. The number of hydrogen-bond donors (Lipinski definition) is 0. The van der Waals surface area contributed by atoms with E-state index in [1.165, 1.54) is 53.6 Å². The summed E-state index contributed by atoms with van der Waals surface area (Å²) < 4.78 is 8.50. The van der Waals surface area contributed by atoms with E-state index in [0.29, 0.717) is 5.71 Å². The van der Waals surface area contributed by atoms with Crippen LogP contribution in [0.4, 0.5) is 0 Å². The minimum atomic E-state index is 0.710. The summed E-state index contributed by atoms with van der Waals surface area (Å²) in [5.41, 5.74) is 8.15. The van der Waals surface area contributed by atoms with Crippen molar-refractivity contribution in [1.29, 1.82) is 0 Å². The number of fused-ring (bicyclic) bond motifs is 3. The fourth-order valence-electron chi connectivity index (χ4n) is 4.77. The number of furan rings is 1. The third-order valence-corrected chi connectivity index (χ3v) is 6.20. The lowest BCUT2D eigenvalue weighted by molar-refractivity contribution is -0.660. The average Bonchev–Trinajstić information content (AvgIpc) is 3.31. The molecule has 0 saturated heterocycles. The number of hydrogen-bond acceptors (Lipinski definition) is 2. The summed E-state index contributed by atoms with van der Waals surface area (Å²) in [5, 5.41) is 2.21. The van der Waals surface area contributed by atoms with Gasteiger partial charge in [-0.2, -0.15) is 0 Å². The molecule has 1 aromatic carbocycles. The fourth-order valence-corrected chi connectivity index (χ4v) is 4.77. The minimum Gasteiger partial charge on any atom is -0.437 e. The Bertz CT molecular complexity index is 1170. The zero-order valence-corrected chi connectivity index (χ0v) is 16.2. The molecule has 136 valence electrons. The largest absolute Gasteiger partial charge is 0.437 e. The van der Waals surface area contributed by atoms with Crippen molar-refractivity contribution in [3.05, 3.63) is 59.4 Å². The van der Waals surface area contributed by atoms with Crippen LogP contribution in [0.2, 0.25) is 0 Å². The Balaban J connectivity index is 1.75. The van der Waals surface area contributed by atoms with Crippen LogP contribution in [0.1, 0.15) is 48.3 Å². The molecule has 0 N–H and O–H groups in total. The van der Waals surface area contributed by atoms with Crippen LogP contribution in [0.3, 0.4) is 0 Å². The molecule has 3 nitrogen and oxygen atoms in total. The molecule has 27 heavy (non-hydrogen) atoms. The lowest BCUT2D eigenvalue weighted by atomic mass is 9.93. The van der Waals surface area contributed by atoms with Gasteiger partial charge in [-0.15, -0.1) is 0 Å². The number of nitrogens with zero attached hydrogens (tertiary/aromatic N) is 2. The van der Waals surface area contributed by atoms with E-state index >= 15 is 0 Å². The highest BCUT2D eigenvalue weighted by atomic mass is 16.3. The predicted molar refractivity (Wildman–Crippen MR) is 109 cm³/mol. The van der Waals surface area contributed by atoms with Crippen LogP contribution in [0.15, 0.2) is 47.1 Å². The molecule has 3 heteroatoms. The average molecular weight is 357 g/mol. The molecule has 3 aromatic heterocycles. The Kier molecular flexibility index (Phi) is 3.78. The first kappa shape index (κ1) is 16.5. The molecule has 5 rings (SSSR count). The number of benzene rings is 1. The first-order chi connectivity index (χ1) is 13.1. The van der Waals surface area contributed by atoms with Crippen molar-refractivity contribution < 1.29 is 8.98 Å². The summed E-state index contributed by atoms with van der Waals surface area (Å²) >= 11 is 0. The first-order valence-electron chi connectivity index (χ1n) is 9.91. The summed E-state index contributed by atoms with van der Waals surface area (Å²) in [4.78, 5) is 4.42. The zero-order chi connectivity index (χ0) is 18.5. The summed E-state index contributed by atoms with van der Waals surface area (Å²) in [5.74, 6) is 0.720. The molecular weight excluding hydrogens is 332 g/mol. The SMILES string of the molecule is Cc1cc(-c2c(C)ccc3c2oc2ncccc23)[n+](C)cc1C1CCCC1. The van der Waals surface area contributed by atoms with E-state index in [4.69, 9.17) is 4.42 Å².